The maximum atomic E-state index is 9.48. The predicted molar refractivity (Wildman–Crippen MR) is 81.8 cm³/mol. The maximum absolute atomic E-state index is 9.48. The standard InChI is InChI=1S/C16H33NO2/c1-4-5-6-7-8-9-10-11-12-13-14-17-16(18,19)15(2)3/h17-19H,2,4-14H2,1,3H3. The summed E-state index contributed by atoms with van der Waals surface area (Å²) in [6.45, 7) is 8.00. The van der Waals surface area contributed by atoms with E-state index in [1.54, 1.807) is 6.92 Å². The second kappa shape index (κ2) is 11.4. The average molecular weight is 271 g/mol. The Morgan fingerprint density at radius 2 is 1.32 bits per heavy atom. The van der Waals surface area contributed by atoms with E-state index in [0.717, 1.165) is 12.8 Å². The van der Waals surface area contributed by atoms with E-state index in [0.29, 0.717) is 12.1 Å². The molecule has 0 aromatic heterocycles. The average Bonchev–Trinajstić information content (AvgIpc) is 2.35. The third-order valence-corrected chi connectivity index (χ3v) is 3.50. The summed E-state index contributed by atoms with van der Waals surface area (Å²) in [5.74, 6) is -1.90. The number of nitrogens with one attached hydrogen (secondary N) is 1. The van der Waals surface area contributed by atoms with Crippen LogP contribution in [-0.4, -0.2) is 22.7 Å². The van der Waals surface area contributed by atoms with Gasteiger partial charge in [0.2, 0.25) is 5.91 Å². The van der Waals surface area contributed by atoms with Gasteiger partial charge in [0.1, 0.15) is 0 Å². The van der Waals surface area contributed by atoms with Gasteiger partial charge in [0.25, 0.3) is 0 Å². The fraction of sp³-hybridized carbons (Fsp3) is 0.875. The highest BCUT2D eigenvalue weighted by molar-refractivity contribution is 5.00. The van der Waals surface area contributed by atoms with Crippen LogP contribution in [0.4, 0.5) is 0 Å². The molecule has 0 aromatic rings. The Bertz CT molecular complexity index is 227. The van der Waals surface area contributed by atoms with Crippen molar-refractivity contribution in [2.75, 3.05) is 6.54 Å². The van der Waals surface area contributed by atoms with Gasteiger partial charge < -0.3 is 10.2 Å². The minimum atomic E-state index is -1.90. The van der Waals surface area contributed by atoms with Crippen LogP contribution in [-0.2, 0) is 0 Å². The molecule has 0 bridgehead atoms. The number of hydrogen-bond donors (Lipinski definition) is 3. The zero-order valence-corrected chi connectivity index (χ0v) is 12.9. The molecule has 0 saturated heterocycles. The molecule has 0 aromatic carbocycles. The number of hydrogen-bond acceptors (Lipinski definition) is 3. The van der Waals surface area contributed by atoms with E-state index in [2.05, 4.69) is 18.8 Å². The van der Waals surface area contributed by atoms with Crippen LogP contribution in [0.25, 0.3) is 0 Å². The summed E-state index contributed by atoms with van der Waals surface area (Å²) in [6, 6.07) is 0. The van der Waals surface area contributed by atoms with Crippen LogP contribution in [0.2, 0.25) is 0 Å². The zero-order chi connectivity index (χ0) is 14.6. The lowest BCUT2D eigenvalue weighted by Gasteiger charge is -2.23. The van der Waals surface area contributed by atoms with Crippen molar-refractivity contribution in [3.63, 3.8) is 0 Å². The van der Waals surface area contributed by atoms with Crippen molar-refractivity contribution in [3.8, 4) is 0 Å². The molecule has 3 N–H and O–H groups in total. The van der Waals surface area contributed by atoms with Crippen LogP contribution < -0.4 is 5.32 Å². The minimum absolute atomic E-state index is 0.333. The molecule has 0 rings (SSSR count). The molecule has 0 atom stereocenters. The summed E-state index contributed by atoms with van der Waals surface area (Å²) in [5.41, 5.74) is 0.333. The molecule has 0 unspecified atom stereocenters. The van der Waals surface area contributed by atoms with Gasteiger partial charge in [0.15, 0.2) is 0 Å². The molecule has 0 heterocycles. The molecule has 0 radical (unpaired) electrons. The minimum Gasteiger partial charge on any atom is -0.350 e. The molecular weight excluding hydrogens is 238 g/mol. The predicted octanol–water partition coefficient (Wildman–Crippen LogP) is 3.71. The normalized spacial score (nSPS) is 11.8. The molecule has 0 spiro atoms. The summed E-state index contributed by atoms with van der Waals surface area (Å²) in [4.78, 5) is 0. The molecule has 0 aliphatic rings. The van der Waals surface area contributed by atoms with E-state index >= 15 is 0 Å². The van der Waals surface area contributed by atoms with Crippen molar-refractivity contribution >= 4 is 0 Å². The lowest BCUT2D eigenvalue weighted by molar-refractivity contribution is -0.152. The van der Waals surface area contributed by atoms with Gasteiger partial charge in [0, 0.05) is 6.54 Å². The second-order valence-corrected chi connectivity index (χ2v) is 5.56. The van der Waals surface area contributed by atoms with Gasteiger partial charge in [-0.3, -0.25) is 5.32 Å². The summed E-state index contributed by atoms with van der Waals surface area (Å²) >= 11 is 0. The Morgan fingerprint density at radius 3 is 1.74 bits per heavy atom. The monoisotopic (exact) mass is 271 g/mol. The molecule has 0 aliphatic carbocycles. The Balaban J connectivity index is 3.21. The molecule has 114 valence electrons. The van der Waals surface area contributed by atoms with Crippen LogP contribution in [0.1, 0.15) is 78.1 Å². The summed E-state index contributed by atoms with van der Waals surface area (Å²) in [6.07, 6.45) is 12.8. The highest BCUT2D eigenvalue weighted by atomic mass is 16.5. The van der Waals surface area contributed by atoms with Gasteiger partial charge in [-0.05, 0) is 18.9 Å². The van der Waals surface area contributed by atoms with Crippen LogP contribution in [0, 0.1) is 0 Å². The highest BCUT2D eigenvalue weighted by Crippen LogP contribution is 2.11. The fourth-order valence-electron chi connectivity index (χ4n) is 2.03. The molecule has 0 saturated carbocycles. The van der Waals surface area contributed by atoms with E-state index in [-0.39, 0.29) is 0 Å². The fourth-order valence-corrected chi connectivity index (χ4v) is 2.03. The second-order valence-electron chi connectivity index (χ2n) is 5.56. The third-order valence-electron chi connectivity index (χ3n) is 3.50. The lowest BCUT2D eigenvalue weighted by Crippen LogP contribution is -2.46. The van der Waals surface area contributed by atoms with E-state index < -0.39 is 5.91 Å². The number of rotatable bonds is 13. The first-order chi connectivity index (χ1) is 9.00. The highest BCUT2D eigenvalue weighted by Gasteiger charge is 2.22. The van der Waals surface area contributed by atoms with Crippen LogP contribution in [0.3, 0.4) is 0 Å². The quantitative estimate of drug-likeness (QED) is 0.272. The topological polar surface area (TPSA) is 52.5 Å². The maximum Gasteiger partial charge on any atom is 0.245 e. The van der Waals surface area contributed by atoms with E-state index in [1.165, 1.54) is 51.4 Å². The van der Waals surface area contributed by atoms with Gasteiger partial charge in [-0.1, -0.05) is 71.3 Å². The first-order valence-electron chi connectivity index (χ1n) is 7.86. The van der Waals surface area contributed by atoms with Gasteiger partial charge in [-0.2, -0.15) is 0 Å². The van der Waals surface area contributed by atoms with Crippen molar-refractivity contribution in [2.45, 2.75) is 84.0 Å². The largest absolute Gasteiger partial charge is 0.350 e. The Morgan fingerprint density at radius 1 is 0.895 bits per heavy atom. The zero-order valence-electron chi connectivity index (χ0n) is 12.9. The van der Waals surface area contributed by atoms with E-state index in [4.69, 9.17) is 0 Å². The molecule has 3 heteroatoms. The van der Waals surface area contributed by atoms with Crippen molar-refractivity contribution < 1.29 is 10.2 Å². The van der Waals surface area contributed by atoms with E-state index in [9.17, 15) is 10.2 Å². The molecule has 0 aliphatic heterocycles. The molecule has 3 nitrogen and oxygen atoms in total. The number of unbranched alkanes of at least 4 members (excludes halogenated alkanes) is 9. The van der Waals surface area contributed by atoms with Gasteiger partial charge in [0.05, 0.1) is 0 Å². The molecular formula is C16H33NO2. The van der Waals surface area contributed by atoms with Gasteiger partial charge >= 0.3 is 0 Å². The summed E-state index contributed by atoms with van der Waals surface area (Å²) < 4.78 is 0. The third kappa shape index (κ3) is 11.2. The summed E-state index contributed by atoms with van der Waals surface area (Å²) in [5, 5.41) is 21.7. The van der Waals surface area contributed by atoms with E-state index in [1.807, 2.05) is 0 Å². The van der Waals surface area contributed by atoms with Crippen molar-refractivity contribution in [3.05, 3.63) is 12.2 Å². The SMILES string of the molecule is C=C(C)C(O)(O)NCCCCCCCCCCCC. The number of aliphatic hydroxyl groups is 2. The van der Waals surface area contributed by atoms with Gasteiger partial charge in [-0.25, -0.2) is 0 Å². The molecule has 0 fully saturated rings. The Kier molecular flexibility index (Phi) is 11.2. The summed E-state index contributed by atoms with van der Waals surface area (Å²) in [7, 11) is 0. The van der Waals surface area contributed by atoms with Crippen molar-refractivity contribution in [1.82, 2.24) is 5.32 Å². The van der Waals surface area contributed by atoms with Crippen LogP contribution in [0.15, 0.2) is 12.2 Å². The van der Waals surface area contributed by atoms with Crippen molar-refractivity contribution in [2.24, 2.45) is 0 Å². The smallest absolute Gasteiger partial charge is 0.245 e. The van der Waals surface area contributed by atoms with Gasteiger partial charge in [-0.15, -0.1) is 0 Å². The van der Waals surface area contributed by atoms with Crippen molar-refractivity contribution in [1.29, 1.82) is 0 Å². The first-order valence-corrected chi connectivity index (χ1v) is 7.86. The first kappa shape index (κ1) is 18.6. The van der Waals surface area contributed by atoms with Crippen LogP contribution in [0.5, 0.6) is 0 Å². The van der Waals surface area contributed by atoms with Crippen LogP contribution >= 0.6 is 0 Å². The Hall–Kier alpha value is -0.380. The molecule has 0 amide bonds. The Labute approximate surface area is 119 Å². The molecule has 19 heavy (non-hydrogen) atoms. The lowest BCUT2D eigenvalue weighted by atomic mass is 10.1.